The van der Waals surface area contributed by atoms with Crippen molar-refractivity contribution in [1.82, 2.24) is 15.4 Å². The molecule has 4 N–H and O–H groups in total. The van der Waals surface area contributed by atoms with E-state index in [9.17, 15) is 13.5 Å². The van der Waals surface area contributed by atoms with Crippen molar-refractivity contribution in [3.05, 3.63) is 24.2 Å². The summed E-state index contributed by atoms with van der Waals surface area (Å²) in [5, 5.41) is 16.5. The molecule has 11 heteroatoms. The van der Waals surface area contributed by atoms with Crippen molar-refractivity contribution >= 4 is 40.0 Å². The second kappa shape index (κ2) is 12.7. The van der Waals surface area contributed by atoms with Gasteiger partial charge in [0.15, 0.2) is 5.96 Å². The summed E-state index contributed by atoms with van der Waals surface area (Å²) in [5.41, 5.74) is -1.25. The zero-order valence-corrected chi connectivity index (χ0v) is 20.2. The van der Waals surface area contributed by atoms with Gasteiger partial charge in [-0.3, -0.25) is 0 Å². The van der Waals surface area contributed by atoms with Gasteiger partial charge in [0.05, 0.1) is 24.7 Å². The van der Waals surface area contributed by atoms with Gasteiger partial charge in [0.2, 0.25) is 10.0 Å². The fourth-order valence-electron chi connectivity index (χ4n) is 2.80. The van der Waals surface area contributed by atoms with E-state index in [1.807, 2.05) is 6.92 Å². The van der Waals surface area contributed by atoms with Crippen molar-refractivity contribution in [2.75, 3.05) is 38.5 Å². The van der Waals surface area contributed by atoms with E-state index < -0.39 is 15.6 Å². The van der Waals surface area contributed by atoms with Gasteiger partial charge in [-0.2, -0.15) is 0 Å². The molecule has 2 heterocycles. The molecule has 1 aliphatic heterocycles. The standard InChI is InChI=1S/C18H32N4O5S.HI/c1-3-19-17(21-14-18(2,23)16-8-6-11-27-16)20-9-12-28(24,25)22-13-15-7-4-5-10-26-15;/h6,8,11,15,22-23H,3-5,7,9-10,12-14H2,1-2H3,(H2,19,20,21);1H. The Labute approximate surface area is 190 Å². The lowest BCUT2D eigenvalue weighted by Crippen LogP contribution is -2.43. The maximum atomic E-state index is 12.2. The summed E-state index contributed by atoms with van der Waals surface area (Å²) in [6.07, 6.45) is 4.44. The van der Waals surface area contributed by atoms with E-state index >= 15 is 0 Å². The maximum absolute atomic E-state index is 12.2. The van der Waals surface area contributed by atoms with E-state index in [2.05, 4.69) is 20.3 Å². The summed E-state index contributed by atoms with van der Waals surface area (Å²) >= 11 is 0. The monoisotopic (exact) mass is 544 g/mol. The molecule has 0 radical (unpaired) electrons. The van der Waals surface area contributed by atoms with E-state index in [0.29, 0.717) is 31.4 Å². The predicted molar refractivity (Wildman–Crippen MR) is 123 cm³/mol. The highest BCUT2D eigenvalue weighted by Gasteiger charge is 2.26. The first-order valence-corrected chi connectivity index (χ1v) is 11.3. The molecular formula is C18H33IN4O5S. The molecule has 1 aromatic heterocycles. The van der Waals surface area contributed by atoms with Gasteiger partial charge in [-0.15, -0.1) is 24.0 Å². The molecule has 168 valence electrons. The summed E-state index contributed by atoms with van der Waals surface area (Å²) in [6.45, 7) is 5.39. The van der Waals surface area contributed by atoms with Crippen molar-refractivity contribution in [2.24, 2.45) is 4.99 Å². The highest BCUT2D eigenvalue weighted by molar-refractivity contribution is 14.0. The molecule has 0 aliphatic carbocycles. The molecule has 0 bridgehead atoms. The Bertz CT molecular complexity index is 704. The first kappa shape index (κ1) is 26.1. The molecule has 9 nitrogen and oxygen atoms in total. The lowest BCUT2D eigenvalue weighted by atomic mass is 10.0. The third kappa shape index (κ3) is 9.64. The van der Waals surface area contributed by atoms with Gasteiger partial charge < -0.3 is 24.9 Å². The number of furan rings is 1. The van der Waals surface area contributed by atoms with Crippen LogP contribution in [0.5, 0.6) is 0 Å². The summed E-state index contributed by atoms with van der Waals surface area (Å²) in [7, 11) is -3.41. The third-order valence-electron chi connectivity index (χ3n) is 4.41. The van der Waals surface area contributed by atoms with Crippen molar-refractivity contribution in [3.8, 4) is 0 Å². The van der Waals surface area contributed by atoms with Gasteiger partial charge >= 0.3 is 0 Å². The van der Waals surface area contributed by atoms with Crippen LogP contribution in [0.15, 0.2) is 27.8 Å². The van der Waals surface area contributed by atoms with Crippen LogP contribution in [-0.2, 0) is 20.4 Å². The van der Waals surface area contributed by atoms with Gasteiger partial charge in [0.1, 0.15) is 11.4 Å². The largest absolute Gasteiger partial charge is 0.466 e. The molecule has 1 aliphatic rings. The number of aliphatic imine (C=N–C) groups is 1. The average Bonchev–Trinajstić information content (AvgIpc) is 3.21. The third-order valence-corrected chi connectivity index (χ3v) is 5.76. The molecule has 1 aromatic rings. The van der Waals surface area contributed by atoms with Crippen molar-refractivity contribution in [3.63, 3.8) is 0 Å². The van der Waals surface area contributed by atoms with Gasteiger partial charge in [-0.05, 0) is 45.2 Å². The van der Waals surface area contributed by atoms with Crippen molar-refractivity contribution < 1.29 is 22.7 Å². The van der Waals surface area contributed by atoms with Crippen LogP contribution in [0, 0.1) is 0 Å². The van der Waals surface area contributed by atoms with Crippen molar-refractivity contribution in [2.45, 2.75) is 44.8 Å². The number of nitrogens with zero attached hydrogens (tertiary/aromatic N) is 1. The Balaban J connectivity index is 0.00000420. The van der Waals surface area contributed by atoms with Crippen LogP contribution in [0.2, 0.25) is 0 Å². The number of hydrogen-bond donors (Lipinski definition) is 4. The second-order valence-electron chi connectivity index (χ2n) is 7.03. The minimum atomic E-state index is -3.41. The number of halogens is 1. The molecule has 2 atom stereocenters. The Morgan fingerprint density at radius 1 is 1.38 bits per heavy atom. The van der Waals surface area contributed by atoms with Crippen LogP contribution in [0.3, 0.4) is 0 Å². The van der Waals surface area contributed by atoms with Crippen LogP contribution >= 0.6 is 24.0 Å². The van der Waals surface area contributed by atoms with Gasteiger partial charge in [0.25, 0.3) is 0 Å². The number of sulfonamides is 1. The molecule has 29 heavy (non-hydrogen) atoms. The molecule has 1 saturated heterocycles. The molecule has 0 saturated carbocycles. The van der Waals surface area contributed by atoms with E-state index in [1.54, 1.807) is 19.1 Å². The Morgan fingerprint density at radius 2 is 2.17 bits per heavy atom. The van der Waals surface area contributed by atoms with E-state index in [1.165, 1.54) is 6.26 Å². The molecule has 0 spiro atoms. The number of ether oxygens (including phenoxy) is 1. The van der Waals surface area contributed by atoms with Gasteiger partial charge in [-0.25, -0.2) is 18.1 Å². The first-order chi connectivity index (χ1) is 13.3. The summed E-state index contributed by atoms with van der Waals surface area (Å²) in [4.78, 5) is 4.33. The molecular weight excluding hydrogens is 511 g/mol. The smallest absolute Gasteiger partial charge is 0.213 e. The molecule has 0 amide bonds. The maximum Gasteiger partial charge on any atom is 0.213 e. The highest BCUT2D eigenvalue weighted by Crippen LogP contribution is 2.21. The topological polar surface area (TPSA) is 125 Å². The molecule has 2 unspecified atom stereocenters. The molecule has 1 fully saturated rings. The second-order valence-corrected chi connectivity index (χ2v) is 8.96. The lowest BCUT2D eigenvalue weighted by Gasteiger charge is -2.22. The summed E-state index contributed by atoms with van der Waals surface area (Å²) < 4.78 is 37.7. The zero-order valence-electron chi connectivity index (χ0n) is 17.0. The normalized spacial score (nSPS) is 19.8. The molecule has 2 rings (SSSR count). The fraction of sp³-hybridized carbons (Fsp3) is 0.722. The van der Waals surface area contributed by atoms with E-state index in [4.69, 9.17) is 9.15 Å². The van der Waals surface area contributed by atoms with Gasteiger partial charge in [0, 0.05) is 26.2 Å². The van der Waals surface area contributed by atoms with Crippen LogP contribution in [-0.4, -0.2) is 64.1 Å². The van der Waals surface area contributed by atoms with Crippen LogP contribution in [0.4, 0.5) is 0 Å². The summed E-state index contributed by atoms with van der Waals surface area (Å²) in [5.74, 6) is 0.766. The summed E-state index contributed by atoms with van der Waals surface area (Å²) in [6, 6.07) is 3.39. The lowest BCUT2D eigenvalue weighted by molar-refractivity contribution is 0.0200. The highest BCUT2D eigenvalue weighted by atomic mass is 127. The minimum Gasteiger partial charge on any atom is -0.466 e. The Kier molecular flexibility index (Phi) is 11.5. The van der Waals surface area contributed by atoms with Crippen molar-refractivity contribution in [1.29, 1.82) is 0 Å². The Morgan fingerprint density at radius 3 is 2.79 bits per heavy atom. The Hall–Kier alpha value is -0.890. The van der Waals surface area contributed by atoms with Crippen LogP contribution in [0.25, 0.3) is 0 Å². The predicted octanol–water partition coefficient (Wildman–Crippen LogP) is 1.15. The number of guanidine groups is 1. The van der Waals surface area contributed by atoms with Gasteiger partial charge in [-0.1, -0.05) is 0 Å². The zero-order chi connectivity index (χ0) is 20.5. The van der Waals surface area contributed by atoms with Crippen LogP contribution < -0.4 is 15.4 Å². The van der Waals surface area contributed by atoms with Crippen LogP contribution in [0.1, 0.15) is 38.9 Å². The SMILES string of the molecule is CCNC(=NCC(C)(O)c1ccco1)NCCS(=O)(=O)NCC1CCCCO1.I. The number of nitrogens with one attached hydrogen (secondary N) is 3. The first-order valence-electron chi connectivity index (χ1n) is 9.70. The number of aliphatic hydroxyl groups is 1. The average molecular weight is 544 g/mol. The number of hydrogen-bond acceptors (Lipinski definition) is 6. The van der Waals surface area contributed by atoms with E-state index in [0.717, 1.165) is 19.3 Å². The quantitative estimate of drug-likeness (QED) is 0.198. The molecule has 0 aromatic carbocycles. The van der Waals surface area contributed by atoms with E-state index in [-0.39, 0.29) is 48.9 Å². The number of rotatable bonds is 10. The fourth-order valence-corrected chi connectivity index (χ4v) is 3.76. The minimum absolute atomic E-state index is 0.